The Kier molecular flexibility index (Phi) is 3.51. The van der Waals surface area contributed by atoms with Crippen LogP contribution in [0.15, 0.2) is 36.4 Å². The van der Waals surface area contributed by atoms with Crippen molar-refractivity contribution in [2.24, 2.45) is 0 Å². The van der Waals surface area contributed by atoms with E-state index in [9.17, 15) is 4.39 Å². The molecule has 0 heterocycles. The van der Waals surface area contributed by atoms with Gasteiger partial charge in [-0.15, -0.1) is 0 Å². The van der Waals surface area contributed by atoms with Crippen LogP contribution in [0.2, 0.25) is 0 Å². The van der Waals surface area contributed by atoms with Gasteiger partial charge in [-0.05, 0) is 48.7 Å². The first-order valence-corrected chi connectivity index (χ1v) is 5.81. The average molecular weight is 245 g/mol. The number of hydrogen-bond donors (Lipinski definition) is 1. The highest BCUT2D eigenvalue weighted by atomic mass is 19.1. The van der Waals surface area contributed by atoms with Gasteiger partial charge in [-0.1, -0.05) is 18.2 Å². The SMILES string of the molecule is Cc1ccc(F)c(OCc2cccc(N)c2C)c1. The molecule has 0 saturated carbocycles. The number of ether oxygens (including phenoxy) is 1. The van der Waals surface area contributed by atoms with Crippen molar-refractivity contribution < 1.29 is 9.13 Å². The lowest BCUT2D eigenvalue weighted by molar-refractivity contribution is 0.289. The Morgan fingerprint density at radius 2 is 1.94 bits per heavy atom. The summed E-state index contributed by atoms with van der Waals surface area (Å²) < 4.78 is 19.0. The molecule has 0 aromatic heterocycles. The molecule has 3 heteroatoms. The van der Waals surface area contributed by atoms with Crippen LogP contribution in [-0.2, 0) is 6.61 Å². The predicted molar refractivity (Wildman–Crippen MR) is 71.1 cm³/mol. The molecule has 2 aromatic rings. The number of hydrogen-bond acceptors (Lipinski definition) is 2. The summed E-state index contributed by atoms with van der Waals surface area (Å²) in [5, 5.41) is 0. The van der Waals surface area contributed by atoms with Crippen molar-refractivity contribution in [3.8, 4) is 5.75 Å². The van der Waals surface area contributed by atoms with Crippen LogP contribution >= 0.6 is 0 Å². The van der Waals surface area contributed by atoms with Crippen LogP contribution in [0.3, 0.4) is 0 Å². The molecule has 2 aromatic carbocycles. The molecule has 0 aliphatic heterocycles. The zero-order valence-electron chi connectivity index (χ0n) is 10.5. The largest absolute Gasteiger partial charge is 0.486 e. The minimum atomic E-state index is -0.345. The third kappa shape index (κ3) is 2.62. The van der Waals surface area contributed by atoms with Crippen molar-refractivity contribution in [1.29, 1.82) is 0 Å². The molecule has 0 atom stereocenters. The Labute approximate surface area is 106 Å². The summed E-state index contributed by atoms with van der Waals surface area (Å²) in [4.78, 5) is 0. The number of nitrogens with two attached hydrogens (primary N) is 1. The lowest BCUT2D eigenvalue weighted by Crippen LogP contribution is -2.01. The van der Waals surface area contributed by atoms with Crippen molar-refractivity contribution in [2.45, 2.75) is 20.5 Å². The third-order valence-electron chi connectivity index (χ3n) is 2.96. The standard InChI is InChI=1S/C15H16FNO/c1-10-6-7-13(16)15(8-10)18-9-12-4-3-5-14(17)11(12)2/h3-8H,9,17H2,1-2H3. The van der Waals surface area contributed by atoms with Crippen LogP contribution in [0.4, 0.5) is 10.1 Å². The summed E-state index contributed by atoms with van der Waals surface area (Å²) >= 11 is 0. The highest BCUT2D eigenvalue weighted by molar-refractivity contribution is 5.49. The van der Waals surface area contributed by atoms with E-state index in [4.69, 9.17) is 10.5 Å². The van der Waals surface area contributed by atoms with E-state index in [2.05, 4.69) is 0 Å². The van der Waals surface area contributed by atoms with E-state index in [-0.39, 0.29) is 11.6 Å². The summed E-state index contributed by atoms with van der Waals surface area (Å²) in [7, 11) is 0. The second kappa shape index (κ2) is 5.08. The number of anilines is 1. The Morgan fingerprint density at radius 3 is 2.72 bits per heavy atom. The summed E-state index contributed by atoms with van der Waals surface area (Å²) in [6.45, 7) is 4.15. The molecule has 0 spiro atoms. The fourth-order valence-electron chi connectivity index (χ4n) is 1.74. The maximum atomic E-state index is 13.5. The fraction of sp³-hybridized carbons (Fsp3) is 0.200. The Morgan fingerprint density at radius 1 is 1.17 bits per heavy atom. The van der Waals surface area contributed by atoms with Gasteiger partial charge in [0.2, 0.25) is 0 Å². The van der Waals surface area contributed by atoms with Crippen molar-refractivity contribution >= 4 is 5.69 Å². The molecule has 0 bridgehead atoms. The van der Waals surface area contributed by atoms with E-state index in [1.54, 1.807) is 12.1 Å². The summed E-state index contributed by atoms with van der Waals surface area (Å²) in [6, 6.07) is 10.5. The van der Waals surface area contributed by atoms with Crippen LogP contribution in [-0.4, -0.2) is 0 Å². The molecule has 0 aliphatic carbocycles. The van der Waals surface area contributed by atoms with Crippen molar-refractivity contribution in [3.05, 3.63) is 58.9 Å². The second-order valence-corrected chi connectivity index (χ2v) is 4.35. The minimum absolute atomic E-state index is 0.275. The molecule has 2 N–H and O–H groups in total. The van der Waals surface area contributed by atoms with E-state index >= 15 is 0 Å². The third-order valence-corrected chi connectivity index (χ3v) is 2.96. The second-order valence-electron chi connectivity index (χ2n) is 4.35. The molecule has 0 radical (unpaired) electrons. The zero-order valence-corrected chi connectivity index (χ0v) is 10.5. The molecule has 0 fully saturated rings. The highest BCUT2D eigenvalue weighted by Crippen LogP contribution is 2.22. The first-order valence-electron chi connectivity index (χ1n) is 5.81. The van der Waals surface area contributed by atoms with Crippen LogP contribution in [0.5, 0.6) is 5.75 Å². The lowest BCUT2D eigenvalue weighted by Gasteiger charge is -2.11. The van der Waals surface area contributed by atoms with Gasteiger partial charge in [0.25, 0.3) is 0 Å². The summed E-state index contributed by atoms with van der Waals surface area (Å²) in [5.74, 6) is -0.0704. The molecule has 0 aliphatic rings. The van der Waals surface area contributed by atoms with Gasteiger partial charge in [-0.2, -0.15) is 0 Å². The summed E-state index contributed by atoms with van der Waals surface area (Å²) in [6.07, 6.45) is 0. The zero-order chi connectivity index (χ0) is 13.1. The lowest BCUT2D eigenvalue weighted by atomic mass is 10.1. The molecule has 0 unspecified atom stereocenters. The fourth-order valence-corrected chi connectivity index (χ4v) is 1.74. The smallest absolute Gasteiger partial charge is 0.165 e. The molecule has 0 amide bonds. The molecule has 2 nitrogen and oxygen atoms in total. The summed E-state index contributed by atoms with van der Waals surface area (Å²) in [5.41, 5.74) is 9.45. The minimum Gasteiger partial charge on any atom is -0.486 e. The van der Waals surface area contributed by atoms with Gasteiger partial charge in [0, 0.05) is 5.69 Å². The van der Waals surface area contributed by atoms with Crippen LogP contribution in [0.1, 0.15) is 16.7 Å². The first kappa shape index (κ1) is 12.4. The molecule has 0 saturated heterocycles. The maximum Gasteiger partial charge on any atom is 0.165 e. The van der Waals surface area contributed by atoms with Crippen molar-refractivity contribution in [2.75, 3.05) is 5.73 Å². The van der Waals surface area contributed by atoms with E-state index in [1.165, 1.54) is 6.07 Å². The number of rotatable bonds is 3. The van der Waals surface area contributed by atoms with Gasteiger partial charge in [-0.25, -0.2) is 4.39 Å². The normalized spacial score (nSPS) is 10.4. The van der Waals surface area contributed by atoms with Gasteiger partial charge >= 0.3 is 0 Å². The van der Waals surface area contributed by atoms with E-state index < -0.39 is 0 Å². The maximum absolute atomic E-state index is 13.5. The van der Waals surface area contributed by atoms with Gasteiger partial charge < -0.3 is 10.5 Å². The topological polar surface area (TPSA) is 35.2 Å². The predicted octanol–water partition coefficient (Wildman–Crippen LogP) is 3.60. The molecular formula is C15H16FNO. The van der Waals surface area contributed by atoms with E-state index in [0.29, 0.717) is 6.61 Å². The Hall–Kier alpha value is -2.03. The van der Waals surface area contributed by atoms with Gasteiger partial charge in [0.05, 0.1) is 0 Å². The van der Waals surface area contributed by atoms with Crippen molar-refractivity contribution in [1.82, 2.24) is 0 Å². The van der Waals surface area contributed by atoms with Gasteiger partial charge in [0.1, 0.15) is 6.61 Å². The quantitative estimate of drug-likeness (QED) is 0.838. The molecular weight excluding hydrogens is 229 g/mol. The number of halogens is 1. The number of benzene rings is 2. The Bertz CT molecular complexity index is 564. The van der Waals surface area contributed by atoms with E-state index in [1.807, 2.05) is 32.0 Å². The van der Waals surface area contributed by atoms with Crippen LogP contribution < -0.4 is 10.5 Å². The monoisotopic (exact) mass is 245 g/mol. The number of aryl methyl sites for hydroxylation is 1. The number of nitrogen functional groups attached to an aromatic ring is 1. The Balaban J connectivity index is 2.16. The highest BCUT2D eigenvalue weighted by Gasteiger charge is 2.06. The van der Waals surface area contributed by atoms with Gasteiger partial charge in [-0.3, -0.25) is 0 Å². The molecule has 18 heavy (non-hydrogen) atoms. The average Bonchev–Trinajstić information content (AvgIpc) is 2.35. The first-order chi connectivity index (χ1) is 8.58. The molecule has 2 rings (SSSR count). The van der Waals surface area contributed by atoms with Crippen LogP contribution in [0.25, 0.3) is 0 Å². The van der Waals surface area contributed by atoms with Crippen LogP contribution in [0, 0.1) is 19.7 Å². The van der Waals surface area contributed by atoms with Crippen molar-refractivity contribution in [3.63, 3.8) is 0 Å². The van der Waals surface area contributed by atoms with E-state index in [0.717, 1.165) is 22.4 Å². The van der Waals surface area contributed by atoms with Gasteiger partial charge in [0.15, 0.2) is 11.6 Å². The molecule has 94 valence electrons.